The molecule has 0 fully saturated rings. The summed E-state index contributed by atoms with van der Waals surface area (Å²) in [5.74, 6) is 0. The van der Waals surface area contributed by atoms with E-state index in [9.17, 15) is 5.11 Å². The molecule has 1 aliphatic rings. The summed E-state index contributed by atoms with van der Waals surface area (Å²) in [7, 11) is 0. The number of benzene rings is 1. The quantitative estimate of drug-likeness (QED) is 0.761. The van der Waals surface area contributed by atoms with Gasteiger partial charge in [0.05, 0.1) is 24.0 Å². The maximum atomic E-state index is 9.77. The first-order valence-electron chi connectivity index (χ1n) is 8.11. The number of fused-ring (bicyclic) bond motifs is 3. The van der Waals surface area contributed by atoms with Crippen molar-refractivity contribution in [2.45, 2.75) is 39.3 Å². The van der Waals surface area contributed by atoms with E-state index in [2.05, 4.69) is 40.9 Å². The molecular weight excluding hydrogens is 286 g/mol. The van der Waals surface area contributed by atoms with Crippen molar-refractivity contribution in [3.63, 3.8) is 0 Å². The highest BCUT2D eigenvalue weighted by Crippen LogP contribution is 2.37. The molecule has 4 rings (SSSR count). The van der Waals surface area contributed by atoms with Crippen LogP contribution in [0.25, 0.3) is 5.65 Å². The van der Waals surface area contributed by atoms with Gasteiger partial charge in [0.15, 0.2) is 5.65 Å². The molecule has 118 valence electrons. The molecule has 4 nitrogen and oxygen atoms in total. The Morgan fingerprint density at radius 1 is 1.26 bits per heavy atom. The molecule has 0 radical (unpaired) electrons. The van der Waals surface area contributed by atoms with Crippen LogP contribution in [0.1, 0.15) is 40.5 Å². The zero-order valence-corrected chi connectivity index (χ0v) is 13.5. The van der Waals surface area contributed by atoms with Crippen molar-refractivity contribution >= 4 is 11.3 Å². The van der Waals surface area contributed by atoms with Crippen LogP contribution in [0.5, 0.6) is 0 Å². The molecule has 0 saturated carbocycles. The van der Waals surface area contributed by atoms with E-state index in [1.54, 1.807) is 0 Å². The standard InChI is InChI=1S/C19H21N3O/c1-12-13(2)22-10-15(11-23)16-8-9-17(14-6-4-3-5-7-14)21-18(16)19(22)20-12/h3-7,10,17,21,23H,8-9,11H2,1-2H3/t17-/m0/s1. The normalized spacial score (nSPS) is 17.1. The number of hydrogen-bond acceptors (Lipinski definition) is 3. The number of anilines is 1. The van der Waals surface area contributed by atoms with E-state index in [1.807, 2.05) is 19.2 Å². The van der Waals surface area contributed by atoms with Crippen molar-refractivity contribution in [1.29, 1.82) is 0 Å². The molecule has 0 spiro atoms. The molecule has 1 aliphatic heterocycles. The van der Waals surface area contributed by atoms with Gasteiger partial charge in [-0.1, -0.05) is 30.3 Å². The molecule has 1 atom stereocenters. The van der Waals surface area contributed by atoms with Gasteiger partial charge in [0.1, 0.15) is 0 Å². The van der Waals surface area contributed by atoms with Crippen LogP contribution in [-0.4, -0.2) is 14.5 Å². The molecule has 23 heavy (non-hydrogen) atoms. The Hall–Kier alpha value is -2.33. The number of aliphatic hydroxyl groups excluding tert-OH is 1. The largest absolute Gasteiger partial charge is 0.392 e. The van der Waals surface area contributed by atoms with E-state index in [4.69, 9.17) is 4.98 Å². The van der Waals surface area contributed by atoms with E-state index < -0.39 is 0 Å². The number of aromatic nitrogens is 2. The molecule has 0 aliphatic carbocycles. The average molecular weight is 307 g/mol. The van der Waals surface area contributed by atoms with Gasteiger partial charge in [-0.15, -0.1) is 0 Å². The van der Waals surface area contributed by atoms with Crippen molar-refractivity contribution in [3.05, 3.63) is 64.6 Å². The SMILES string of the molecule is Cc1nc2c3c(c(CO)cn2c1C)CC[C@@H](c1ccccc1)N3. The third-order valence-corrected chi connectivity index (χ3v) is 4.96. The highest BCUT2D eigenvalue weighted by molar-refractivity contribution is 5.75. The van der Waals surface area contributed by atoms with Gasteiger partial charge in [-0.3, -0.25) is 0 Å². The van der Waals surface area contributed by atoms with Gasteiger partial charge >= 0.3 is 0 Å². The zero-order valence-electron chi connectivity index (χ0n) is 13.5. The van der Waals surface area contributed by atoms with E-state index in [1.165, 1.54) is 11.1 Å². The maximum Gasteiger partial charge on any atom is 0.161 e. The fourth-order valence-electron chi connectivity index (χ4n) is 3.53. The summed E-state index contributed by atoms with van der Waals surface area (Å²) in [6.07, 6.45) is 4.02. The molecule has 2 aromatic heterocycles. The first kappa shape index (κ1) is 14.3. The Morgan fingerprint density at radius 3 is 2.78 bits per heavy atom. The second kappa shape index (κ2) is 5.39. The van der Waals surface area contributed by atoms with Crippen LogP contribution < -0.4 is 5.32 Å². The highest BCUT2D eigenvalue weighted by atomic mass is 16.3. The van der Waals surface area contributed by atoms with Gasteiger partial charge in [-0.25, -0.2) is 4.98 Å². The van der Waals surface area contributed by atoms with Gasteiger partial charge in [-0.2, -0.15) is 0 Å². The molecule has 0 saturated heterocycles. The summed E-state index contributed by atoms with van der Waals surface area (Å²) in [5, 5.41) is 13.4. The number of nitrogens with one attached hydrogen (secondary N) is 1. The first-order chi connectivity index (χ1) is 11.2. The molecule has 0 bridgehead atoms. The molecule has 3 aromatic rings. The van der Waals surface area contributed by atoms with E-state index in [-0.39, 0.29) is 6.61 Å². The predicted molar refractivity (Wildman–Crippen MR) is 91.7 cm³/mol. The van der Waals surface area contributed by atoms with Gasteiger partial charge < -0.3 is 14.8 Å². The minimum Gasteiger partial charge on any atom is -0.392 e. The highest BCUT2D eigenvalue weighted by Gasteiger charge is 2.25. The number of imidazole rings is 1. The van der Waals surface area contributed by atoms with Crippen LogP contribution in [0.15, 0.2) is 36.5 Å². The number of aliphatic hydroxyl groups is 1. The monoisotopic (exact) mass is 307 g/mol. The Balaban J connectivity index is 1.87. The van der Waals surface area contributed by atoms with Crippen molar-refractivity contribution < 1.29 is 5.11 Å². The number of aryl methyl sites for hydroxylation is 2. The zero-order chi connectivity index (χ0) is 16.0. The van der Waals surface area contributed by atoms with E-state index in [0.717, 1.165) is 41.1 Å². The van der Waals surface area contributed by atoms with Crippen LogP contribution in [0.2, 0.25) is 0 Å². The van der Waals surface area contributed by atoms with Crippen LogP contribution >= 0.6 is 0 Å². The smallest absolute Gasteiger partial charge is 0.161 e. The summed E-state index contributed by atoms with van der Waals surface area (Å²) < 4.78 is 2.10. The lowest BCUT2D eigenvalue weighted by molar-refractivity contribution is 0.279. The van der Waals surface area contributed by atoms with Crippen LogP contribution in [0.3, 0.4) is 0 Å². The summed E-state index contributed by atoms with van der Waals surface area (Å²) in [5.41, 5.74) is 7.70. The van der Waals surface area contributed by atoms with E-state index in [0.29, 0.717) is 6.04 Å². The number of hydrogen-bond donors (Lipinski definition) is 2. The molecular formula is C19H21N3O. The number of nitrogens with zero attached hydrogens (tertiary/aromatic N) is 2. The maximum absolute atomic E-state index is 9.77. The number of pyridine rings is 1. The van der Waals surface area contributed by atoms with Crippen LogP contribution in [0.4, 0.5) is 5.69 Å². The second-order valence-corrected chi connectivity index (χ2v) is 6.29. The summed E-state index contributed by atoms with van der Waals surface area (Å²) in [4.78, 5) is 4.75. The predicted octanol–water partition coefficient (Wildman–Crippen LogP) is 3.54. The van der Waals surface area contributed by atoms with Crippen molar-refractivity contribution in [1.82, 2.24) is 9.38 Å². The Labute approximate surface area is 135 Å². The summed E-state index contributed by atoms with van der Waals surface area (Å²) in [6.45, 7) is 4.16. The first-order valence-corrected chi connectivity index (χ1v) is 8.11. The molecule has 0 unspecified atom stereocenters. The van der Waals surface area contributed by atoms with Crippen molar-refractivity contribution in [3.8, 4) is 0 Å². The Morgan fingerprint density at radius 2 is 2.04 bits per heavy atom. The van der Waals surface area contributed by atoms with Crippen LogP contribution in [-0.2, 0) is 13.0 Å². The Kier molecular flexibility index (Phi) is 3.34. The van der Waals surface area contributed by atoms with Crippen LogP contribution in [0, 0.1) is 13.8 Å². The van der Waals surface area contributed by atoms with Crippen molar-refractivity contribution in [2.75, 3.05) is 5.32 Å². The number of rotatable bonds is 2. The third kappa shape index (κ3) is 2.21. The van der Waals surface area contributed by atoms with Gasteiger partial charge in [0, 0.05) is 11.9 Å². The van der Waals surface area contributed by atoms with Gasteiger partial charge in [0.25, 0.3) is 0 Å². The minimum atomic E-state index is 0.0621. The second-order valence-electron chi connectivity index (χ2n) is 6.29. The molecule has 1 aromatic carbocycles. The minimum absolute atomic E-state index is 0.0621. The topological polar surface area (TPSA) is 49.6 Å². The lowest BCUT2D eigenvalue weighted by Crippen LogP contribution is -2.20. The fraction of sp³-hybridized carbons (Fsp3) is 0.316. The average Bonchev–Trinajstić information content (AvgIpc) is 2.89. The fourth-order valence-corrected chi connectivity index (χ4v) is 3.53. The molecule has 4 heteroatoms. The Bertz CT molecular complexity index is 867. The molecule has 0 amide bonds. The third-order valence-electron chi connectivity index (χ3n) is 4.96. The van der Waals surface area contributed by atoms with Gasteiger partial charge in [0.2, 0.25) is 0 Å². The molecule has 2 N–H and O–H groups in total. The van der Waals surface area contributed by atoms with Crippen molar-refractivity contribution in [2.24, 2.45) is 0 Å². The lowest BCUT2D eigenvalue weighted by Gasteiger charge is -2.29. The summed E-state index contributed by atoms with van der Waals surface area (Å²) >= 11 is 0. The summed E-state index contributed by atoms with van der Waals surface area (Å²) in [6, 6.07) is 10.8. The van der Waals surface area contributed by atoms with E-state index >= 15 is 0 Å². The molecule has 3 heterocycles. The lowest BCUT2D eigenvalue weighted by atomic mass is 9.92. The van der Waals surface area contributed by atoms with Gasteiger partial charge in [-0.05, 0) is 43.4 Å².